The zero-order valence-electron chi connectivity index (χ0n) is 9.56. The molecular formula is C13H11FN2O2. The second-order valence-corrected chi connectivity index (χ2v) is 3.66. The lowest BCUT2D eigenvalue weighted by molar-refractivity contribution is -0.138. The number of benzene rings is 1. The van der Waals surface area contributed by atoms with Gasteiger partial charge in [0.1, 0.15) is 5.82 Å². The molecule has 0 atom stereocenters. The Balaban J connectivity index is 2.90. The highest BCUT2D eigenvalue weighted by Crippen LogP contribution is 2.12. The SMILES string of the molecule is C#CCN(CC(=O)O)Cc1ccc(F)cc1C#N. The Labute approximate surface area is 104 Å². The van der Waals surface area contributed by atoms with Gasteiger partial charge in [0.25, 0.3) is 0 Å². The molecule has 1 rings (SSSR count). The highest BCUT2D eigenvalue weighted by molar-refractivity contribution is 5.69. The van der Waals surface area contributed by atoms with Crippen LogP contribution in [0.5, 0.6) is 0 Å². The van der Waals surface area contributed by atoms with E-state index < -0.39 is 11.8 Å². The average Bonchev–Trinajstić information content (AvgIpc) is 2.31. The van der Waals surface area contributed by atoms with Gasteiger partial charge in [0.15, 0.2) is 0 Å². The molecule has 0 radical (unpaired) electrons. The van der Waals surface area contributed by atoms with E-state index in [-0.39, 0.29) is 25.2 Å². The molecule has 0 aliphatic heterocycles. The Morgan fingerprint density at radius 1 is 1.56 bits per heavy atom. The van der Waals surface area contributed by atoms with Crippen LogP contribution in [-0.2, 0) is 11.3 Å². The summed E-state index contributed by atoms with van der Waals surface area (Å²) in [6.07, 6.45) is 5.14. The fourth-order valence-corrected chi connectivity index (χ4v) is 1.52. The number of carboxylic acid groups (broad SMARTS) is 1. The van der Waals surface area contributed by atoms with Gasteiger partial charge in [0.05, 0.1) is 24.7 Å². The molecule has 0 bridgehead atoms. The third-order valence-corrected chi connectivity index (χ3v) is 2.26. The smallest absolute Gasteiger partial charge is 0.317 e. The van der Waals surface area contributed by atoms with Crippen molar-refractivity contribution in [3.05, 3.63) is 35.1 Å². The maximum Gasteiger partial charge on any atom is 0.317 e. The number of rotatable bonds is 5. The maximum atomic E-state index is 12.9. The Hall–Kier alpha value is -2.37. The van der Waals surface area contributed by atoms with Crippen molar-refractivity contribution < 1.29 is 14.3 Å². The van der Waals surface area contributed by atoms with E-state index >= 15 is 0 Å². The van der Waals surface area contributed by atoms with Crippen molar-refractivity contribution in [3.8, 4) is 18.4 Å². The van der Waals surface area contributed by atoms with Gasteiger partial charge in [-0.25, -0.2) is 4.39 Å². The number of carbonyl (C=O) groups is 1. The number of hydrogen-bond donors (Lipinski definition) is 1. The molecule has 0 aromatic heterocycles. The van der Waals surface area contributed by atoms with E-state index in [9.17, 15) is 9.18 Å². The standard InChI is InChI=1S/C13H11FN2O2/c1-2-5-16(9-13(17)18)8-10-3-4-12(14)6-11(10)7-15/h1,3-4,6H,5,8-9H2,(H,17,18). The largest absolute Gasteiger partial charge is 0.480 e. The van der Waals surface area contributed by atoms with Crippen molar-refractivity contribution in [3.63, 3.8) is 0 Å². The summed E-state index contributed by atoms with van der Waals surface area (Å²) < 4.78 is 12.9. The molecule has 5 heteroatoms. The van der Waals surface area contributed by atoms with E-state index in [1.807, 2.05) is 6.07 Å². The van der Waals surface area contributed by atoms with Crippen LogP contribution in [0.3, 0.4) is 0 Å². The van der Waals surface area contributed by atoms with E-state index in [0.717, 1.165) is 6.07 Å². The van der Waals surface area contributed by atoms with Crippen LogP contribution < -0.4 is 0 Å². The van der Waals surface area contributed by atoms with E-state index in [2.05, 4.69) is 5.92 Å². The van der Waals surface area contributed by atoms with Gasteiger partial charge in [-0.15, -0.1) is 6.42 Å². The normalized spacial score (nSPS) is 9.78. The van der Waals surface area contributed by atoms with Crippen LogP contribution in [0.4, 0.5) is 4.39 Å². The molecule has 0 aliphatic carbocycles. The Morgan fingerprint density at radius 2 is 2.28 bits per heavy atom. The summed E-state index contributed by atoms with van der Waals surface area (Å²) in [4.78, 5) is 12.1. The van der Waals surface area contributed by atoms with Crippen molar-refractivity contribution in [2.45, 2.75) is 6.54 Å². The lowest BCUT2D eigenvalue weighted by Crippen LogP contribution is -2.30. The highest BCUT2D eigenvalue weighted by atomic mass is 19.1. The van der Waals surface area contributed by atoms with Crippen LogP contribution >= 0.6 is 0 Å². The van der Waals surface area contributed by atoms with Gasteiger partial charge >= 0.3 is 5.97 Å². The second-order valence-electron chi connectivity index (χ2n) is 3.66. The quantitative estimate of drug-likeness (QED) is 0.793. The van der Waals surface area contributed by atoms with Crippen LogP contribution in [0.15, 0.2) is 18.2 Å². The minimum Gasteiger partial charge on any atom is -0.480 e. The molecule has 0 aliphatic rings. The molecule has 0 heterocycles. The monoisotopic (exact) mass is 246 g/mol. The van der Waals surface area contributed by atoms with Gasteiger partial charge in [-0.2, -0.15) is 5.26 Å². The average molecular weight is 246 g/mol. The molecule has 0 unspecified atom stereocenters. The summed E-state index contributed by atoms with van der Waals surface area (Å²) in [5.74, 6) is 0.837. The van der Waals surface area contributed by atoms with Crippen LogP contribution in [0, 0.1) is 29.5 Å². The summed E-state index contributed by atoms with van der Waals surface area (Å²) in [5, 5.41) is 17.6. The Bertz CT molecular complexity index is 529. The minimum absolute atomic E-state index is 0.147. The van der Waals surface area contributed by atoms with Crippen LogP contribution in [-0.4, -0.2) is 29.1 Å². The fourth-order valence-electron chi connectivity index (χ4n) is 1.52. The first-order chi connectivity index (χ1) is 8.56. The fraction of sp³-hybridized carbons (Fsp3) is 0.231. The first kappa shape index (κ1) is 13.7. The highest BCUT2D eigenvalue weighted by Gasteiger charge is 2.12. The number of nitrogens with zero attached hydrogens (tertiary/aromatic N) is 2. The summed E-state index contributed by atoms with van der Waals surface area (Å²) in [6, 6.07) is 5.67. The minimum atomic E-state index is -1.01. The second kappa shape index (κ2) is 6.39. The third kappa shape index (κ3) is 3.89. The van der Waals surface area contributed by atoms with E-state index in [1.165, 1.54) is 17.0 Å². The van der Waals surface area contributed by atoms with Crippen molar-refractivity contribution >= 4 is 5.97 Å². The topological polar surface area (TPSA) is 64.3 Å². The number of terminal acetylenes is 1. The number of nitriles is 1. The van der Waals surface area contributed by atoms with Gasteiger partial charge in [-0.3, -0.25) is 9.69 Å². The van der Waals surface area contributed by atoms with Gasteiger partial charge in [-0.1, -0.05) is 12.0 Å². The van der Waals surface area contributed by atoms with E-state index in [0.29, 0.717) is 5.56 Å². The summed E-state index contributed by atoms with van der Waals surface area (Å²) in [7, 11) is 0. The first-order valence-electron chi connectivity index (χ1n) is 5.13. The molecule has 1 aromatic carbocycles. The molecule has 4 nitrogen and oxygen atoms in total. The predicted octanol–water partition coefficient (Wildman–Crippen LogP) is 1.22. The molecule has 18 heavy (non-hydrogen) atoms. The molecule has 92 valence electrons. The third-order valence-electron chi connectivity index (χ3n) is 2.26. The molecular weight excluding hydrogens is 235 g/mol. The Kier molecular flexibility index (Phi) is 4.86. The van der Waals surface area contributed by atoms with Crippen molar-refractivity contribution in [1.29, 1.82) is 5.26 Å². The summed E-state index contributed by atoms with van der Waals surface area (Å²) in [6.45, 7) is 0.112. The molecule has 0 fully saturated rings. The molecule has 0 spiro atoms. The van der Waals surface area contributed by atoms with Gasteiger partial charge in [-0.05, 0) is 17.7 Å². The lowest BCUT2D eigenvalue weighted by atomic mass is 10.1. The number of carboxylic acids is 1. The van der Waals surface area contributed by atoms with Gasteiger partial charge < -0.3 is 5.11 Å². The Morgan fingerprint density at radius 3 is 2.83 bits per heavy atom. The molecule has 1 N–H and O–H groups in total. The number of halogens is 1. The lowest BCUT2D eigenvalue weighted by Gasteiger charge is -2.17. The number of aliphatic carboxylic acids is 1. The predicted molar refractivity (Wildman–Crippen MR) is 62.9 cm³/mol. The zero-order valence-corrected chi connectivity index (χ0v) is 9.56. The van der Waals surface area contributed by atoms with Gasteiger partial charge in [0.2, 0.25) is 0 Å². The van der Waals surface area contributed by atoms with Crippen molar-refractivity contribution in [1.82, 2.24) is 4.90 Å². The van der Waals surface area contributed by atoms with Crippen molar-refractivity contribution in [2.24, 2.45) is 0 Å². The zero-order chi connectivity index (χ0) is 13.5. The molecule has 0 amide bonds. The maximum absolute atomic E-state index is 12.9. The van der Waals surface area contributed by atoms with Gasteiger partial charge in [0, 0.05) is 6.54 Å². The summed E-state index contributed by atoms with van der Waals surface area (Å²) in [5.41, 5.74) is 0.734. The molecule has 1 aromatic rings. The van der Waals surface area contributed by atoms with Crippen molar-refractivity contribution in [2.75, 3.05) is 13.1 Å². The first-order valence-corrected chi connectivity index (χ1v) is 5.13. The van der Waals surface area contributed by atoms with Crippen LogP contribution in [0.25, 0.3) is 0 Å². The molecule has 0 saturated heterocycles. The summed E-state index contributed by atoms with van der Waals surface area (Å²) >= 11 is 0. The van der Waals surface area contributed by atoms with E-state index in [1.54, 1.807) is 0 Å². The number of hydrogen-bond acceptors (Lipinski definition) is 3. The van der Waals surface area contributed by atoms with Crippen LogP contribution in [0.2, 0.25) is 0 Å². The van der Waals surface area contributed by atoms with Crippen LogP contribution in [0.1, 0.15) is 11.1 Å². The van der Waals surface area contributed by atoms with E-state index in [4.69, 9.17) is 16.8 Å². The molecule has 0 saturated carbocycles.